The minimum Gasteiger partial charge on any atom is -0.309 e. The van der Waals surface area contributed by atoms with Gasteiger partial charge in [0.15, 0.2) is 0 Å². The maximum atomic E-state index is 4.29. The maximum Gasteiger partial charge on any atom is 0.140 e. The minimum absolute atomic E-state index is 0.579. The summed E-state index contributed by atoms with van der Waals surface area (Å²) in [5.41, 5.74) is 1.23. The molecule has 0 saturated carbocycles. The Bertz CT molecular complexity index is 499. The summed E-state index contributed by atoms with van der Waals surface area (Å²) in [5.74, 6) is 1.58. The third kappa shape index (κ3) is 3.89. The first-order valence-corrected chi connectivity index (χ1v) is 6.71. The summed E-state index contributed by atoms with van der Waals surface area (Å²) < 4.78 is 3.88. The fourth-order valence-electron chi connectivity index (χ4n) is 1.99. The van der Waals surface area contributed by atoms with Gasteiger partial charge in [-0.2, -0.15) is 10.2 Å². The molecule has 0 amide bonds. The van der Waals surface area contributed by atoms with E-state index in [-0.39, 0.29) is 0 Å². The van der Waals surface area contributed by atoms with Crippen molar-refractivity contribution in [1.82, 2.24) is 29.9 Å². The zero-order valence-electron chi connectivity index (χ0n) is 11.9. The number of nitrogens with zero attached hydrogens (tertiary/aromatic N) is 5. The van der Waals surface area contributed by atoms with Crippen molar-refractivity contribution in [3.8, 4) is 0 Å². The van der Waals surface area contributed by atoms with Crippen molar-refractivity contribution in [3.05, 3.63) is 30.1 Å². The molecule has 0 spiro atoms. The van der Waals surface area contributed by atoms with Crippen molar-refractivity contribution in [2.24, 2.45) is 13.0 Å². The molecule has 0 fully saturated rings. The lowest BCUT2D eigenvalue weighted by atomic mass is 10.2. The van der Waals surface area contributed by atoms with Crippen LogP contribution in [-0.2, 0) is 26.6 Å². The largest absolute Gasteiger partial charge is 0.309 e. The molecule has 19 heavy (non-hydrogen) atoms. The van der Waals surface area contributed by atoms with Gasteiger partial charge in [0.1, 0.15) is 12.2 Å². The molecule has 0 bridgehead atoms. The smallest absolute Gasteiger partial charge is 0.140 e. The molecular weight excluding hydrogens is 240 g/mol. The van der Waals surface area contributed by atoms with Crippen LogP contribution in [0.5, 0.6) is 0 Å². The molecule has 104 valence electrons. The Hall–Kier alpha value is -1.69. The zero-order chi connectivity index (χ0) is 13.7. The van der Waals surface area contributed by atoms with Gasteiger partial charge in [-0.1, -0.05) is 13.8 Å². The van der Waals surface area contributed by atoms with Crippen LogP contribution < -0.4 is 5.32 Å². The molecule has 2 rings (SSSR count). The summed E-state index contributed by atoms with van der Waals surface area (Å²) in [6.45, 7) is 6.94. The second-order valence-corrected chi connectivity index (χ2v) is 5.13. The van der Waals surface area contributed by atoms with Gasteiger partial charge in [-0.05, 0) is 12.0 Å². The van der Waals surface area contributed by atoms with Crippen molar-refractivity contribution < 1.29 is 0 Å². The lowest BCUT2D eigenvalue weighted by Crippen LogP contribution is -2.21. The van der Waals surface area contributed by atoms with Gasteiger partial charge in [0.2, 0.25) is 0 Å². The van der Waals surface area contributed by atoms with E-state index >= 15 is 0 Å². The van der Waals surface area contributed by atoms with E-state index in [2.05, 4.69) is 34.3 Å². The van der Waals surface area contributed by atoms with Crippen molar-refractivity contribution in [2.45, 2.75) is 33.4 Å². The van der Waals surface area contributed by atoms with Crippen molar-refractivity contribution in [2.75, 3.05) is 6.54 Å². The van der Waals surface area contributed by atoms with Crippen LogP contribution in [-0.4, -0.2) is 31.1 Å². The number of hydrogen-bond donors (Lipinski definition) is 1. The van der Waals surface area contributed by atoms with Crippen molar-refractivity contribution in [3.63, 3.8) is 0 Å². The summed E-state index contributed by atoms with van der Waals surface area (Å²) in [5, 5.41) is 11.8. The third-order valence-electron chi connectivity index (χ3n) is 3.00. The Labute approximate surface area is 113 Å². The van der Waals surface area contributed by atoms with E-state index < -0.39 is 0 Å². The van der Waals surface area contributed by atoms with Crippen LogP contribution in [0.15, 0.2) is 18.6 Å². The summed E-state index contributed by atoms with van der Waals surface area (Å²) in [7, 11) is 1.97. The molecule has 6 heteroatoms. The molecule has 0 saturated heterocycles. The first-order valence-electron chi connectivity index (χ1n) is 6.71. The first-order chi connectivity index (χ1) is 9.16. The standard InChI is InChI=1S/C13H22N6/c1-11(2)9-19-13(15-10-17-19)8-14-6-4-12-5-7-16-18(12)3/h5,7,10-11,14H,4,6,8-9H2,1-3H3. The normalized spacial score (nSPS) is 11.4. The maximum absolute atomic E-state index is 4.29. The predicted octanol–water partition coefficient (Wildman–Crippen LogP) is 1.000. The van der Waals surface area contributed by atoms with Crippen molar-refractivity contribution >= 4 is 0 Å². The Morgan fingerprint density at radius 3 is 2.84 bits per heavy atom. The van der Waals surface area contributed by atoms with Crippen molar-refractivity contribution in [1.29, 1.82) is 0 Å². The quantitative estimate of drug-likeness (QED) is 0.756. The molecule has 0 aliphatic carbocycles. The average molecular weight is 262 g/mol. The monoisotopic (exact) mass is 262 g/mol. The average Bonchev–Trinajstić information content (AvgIpc) is 2.94. The zero-order valence-corrected chi connectivity index (χ0v) is 11.9. The van der Waals surface area contributed by atoms with Crippen LogP contribution in [0.4, 0.5) is 0 Å². The highest BCUT2D eigenvalue weighted by Crippen LogP contribution is 2.01. The minimum atomic E-state index is 0.579. The second kappa shape index (κ2) is 6.47. The first kappa shape index (κ1) is 13.7. The molecular formula is C13H22N6. The number of nitrogens with one attached hydrogen (secondary N) is 1. The fraction of sp³-hybridized carbons (Fsp3) is 0.615. The highest BCUT2D eigenvalue weighted by molar-refractivity contribution is 5.00. The van der Waals surface area contributed by atoms with Crippen LogP contribution in [0, 0.1) is 5.92 Å². The lowest BCUT2D eigenvalue weighted by molar-refractivity contribution is 0.457. The molecule has 1 N–H and O–H groups in total. The highest BCUT2D eigenvalue weighted by Gasteiger charge is 2.05. The Morgan fingerprint density at radius 1 is 1.32 bits per heavy atom. The second-order valence-electron chi connectivity index (χ2n) is 5.13. The molecule has 0 aliphatic rings. The van der Waals surface area contributed by atoms with E-state index in [4.69, 9.17) is 0 Å². The number of rotatable bonds is 7. The number of aromatic nitrogens is 5. The Morgan fingerprint density at radius 2 is 2.16 bits per heavy atom. The summed E-state index contributed by atoms with van der Waals surface area (Å²) >= 11 is 0. The van der Waals surface area contributed by atoms with E-state index in [0.717, 1.165) is 31.9 Å². The van der Waals surface area contributed by atoms with Gasteiger partial charge in [-0.15, -0.1) is 0 Å². The van der Waals surface area contributed by atoms with Gasteiger partial charge < -0.3 is 5.32 Å². The Kier molecular flexibility index (Phi) is 4.68. The SMILES string of the molecule is CC(C)Cn1ncnc1CNCCc1ccnn1C. The molecule has 0 unspecified atom stereocenters. The summed E-state index contributed by atoms with van der Waals surface area (Å²) in [4.78, 5) is 4.29. The van der Waals surface area contributed by atoms with E-state index in [1.54, 1.807) is 6.33 Å². The van der Waals surface area contributed by atoms with E-state index in [1.165, 1.54) is 5.69 Å². The summed E-state index contributed by atoms with van der Waals surface area (Å²) in [6, 6.07) is 2.04. The van der Waals surface area contributed by atoms with Crippen LogP contribution >= 0.6 is 0 Å². The molecule has 0 aliphatic heterocycles. The Balaban J connectivity index is 1.77. The van der Waals surface area contributed by atoms with Gasteiger partial charge in [0.05, 0.1) is 6.54 Å². The summed E-state index contributed by atoms with van der Waals surface area (Å²) in [6.07, 6.45) is 4.42. The molecule has 2 heterocycles. The van der Waals surface area contributed by atoms with Crippen LogP contribution in [0.25, 0.3) is 0 Å². The number of hydrogen-bond acceptors (Lipinski definition) is 4. The number of aryl methyl sites for hydroxylation is 1. The van der Waals surface area contributed by atoms with Gasteiger partial charge in [0.25, 0.3) is 0 Å². The molecule has 0 atom stereocenters. The van der Waals surface area contributed by atoms with Crippen LogP contribution in [0.2, 0.25) is 0 Å². The van der Waals surface area contributed by atoms with Crippen LogP contribution in [0.3, 0.4) is 0 Å². The molecule has 0 radical (unpaired) electrons. The molecule has 2 aromatic heterocycles. The van der Waals surface area contributed by atoms with Gasteiger partial charge in [-0.3, -0.25) is 4.68 Å². The third-order valence-corrected chi connectivity index (χ3v) is 3.00. The van der Waals surface area contributed by atoms with E-state index in [9.17, 15) is 0 Å². The van der Waals surface area contributed by atoms with Gasteiger partial charge in [0, 0.05) is 38.4 Å². The van der Waals surface area contributed by atoms with Crippen LogP contribution in [0.1, 0.15) is 25.4 Å². The molecule has 2 aromatic rings. The molecule has 0 aromatic carbocycles. The molecule has 6 nitrogen and oxygen atoms in total. The van der Waals surface area contributed by atoms with E-state index in [0.29, 0.717) is 5.92 Å². The topological polar surface area (TPSA) is 60.6 Å². The van der Waals surface area contributed by atoms with Gasteiger partial charge >= 0.3 is 0 Å². The fourth-order valence-corrected chi connectivity index (χ4v) is 1.99. The highest BCUT2D eigenvalue weighted by atomic mass is 15.3. The lowest BCUT2D eigenvalue weighted by Gasteiger charge is -2.09. The van der Waals surface area contributed by atoms with Gasteiger partial charge in [-0.25, -0.2) is 9.67 Å². The predicted molar refractivity (Wildman–Crippen MR) is 73.5 cm³/mol. The van der Waals surface area contributed by atoms with E-state index in [1.807, 2.05) is 28.7 Å².